The van der Waals surface area contributed by atoms with Crippen molar-refractivity contribution in [3.05, 3.63) is 23.8 Å². The second kappa shape index (κ2) is 4.05. The lowest BCUT2D eigenvalue weighted by Crippen LogP contribution is -2.29. The lowest BCUT2D eigenvalue weighted by Gasteiger charge is -2.22. The zero-order valence-electron chi connectivity index (χ0n) is 9.05. The van der Waals surface area contributed by atoms with Crippen molar-refractivity contribution < 1.29 is 8.78 Å². The van der Waals surface area contributed by atoms with E-state index in [0.29, 0.717) is 12.5 Å². The van der Waals surface area contributed by atoms with Crippen LogP contribution in [-0.2, 0) is 0 Å². The molecule has 0 saturated carbocycles. The van der Waals surface area contributed by atoms with Crippen LogP contribution in [0.4, 0.5) is 8.78 Å². The molecule has 15 heavy (non-hydrogen) atoms. The van der Waals surface area contributed by atoms with E-state index in [1.807, 2.05) is 4.90 Å². The summed E-state index contributed by atoms with van der Waals surface area (Å²) >= 11 is 0. The first-order valence-corrected chi connectivity index (χ1v) is 5.50. The van der Waals surface area contributed by atoms with Crippen molar-refractivity contribution in [3.8, 4) is 0 Å². The van der Waals surface area contributed by atoms with Gasteiger partial charge in [-0.3, -0.25) is 4.90 Å². The number of allylic oxidation sites excluding steroid dienone is 3. The molecule has 1 heterocycles. The first kappa shape index (κ1) is 10.8. The van der Waals surface area contributed by atoms with E-state index in [0.717, 1.165) is 13.0 Å². The molecule has 1 atom stereocenters. The summed E-state index contributed by atoms with van der Waals surface area (Å²) in [4.78, 5) is 1.88. The fraction of sp³-hybridized carbons (Fsp3) is 0.667. The smallest absolute Gasteiger partial charge is 0.261 e. The second-order valence-electron chi connectivity index (χ2n) is 4.64. The third kappa shape index (κ3) is 2.88. The highest BCUT2D eigenvalue weighted by atomic mass is 19.3. The summed E-state index contributed by atoms with van der Waals surface area (Å²) in [5, 5.41) is 0. The Balaban J connectivity index is 1.82. The molecule has 0 amide bonds. The van der Waals surface area contributed by atoms with Gasteiger partial charge in [0.25, 0.3) is 5.92 Å². The van der Waals surface area contributed by atoms with Gasteiger partial charge >= 0.3 is 0 Å². The molecule has 1 saturated heterocycles. The lowest BCUT2D eigenvalue weighted by molar-refractivity contribution is 0.0114. The van der Waals surface area contributed by atoms with E-state index < -0.39 is 5.92 Å². The Kier molecular flexibility index (Phi) is 2.91. The highest BCUT2D eigenvalue weighted by Gasteiger charge is 2.38. The Hall–Kier alpha value is -0.700. The molecule has 1 aliphatic carbocycles. The van der Waals surface area contributed by atoms with E-state index in [1.54, 1.807) is 0 Å². The van der Waals surface area contributed by atoms with E-state index in [-0.39, 0.29) is 13.0 Å². The summed E-state index contributed by atoms with van der Waals surface area (Å²) in [5.41, 5.74) is 1.28. The molecule has 84 valence electrons. The van der Waals surface area contributed by atoms with Gasteiger partial charge in [-0.2, -0.15) is 0 Å². The Morgan fingerprint density at radius 2 is 2.33 bits per heavy atom. The summed E-state index contributed by atoms with van der Waals surface area (Å²) in [5.74, 6) is -2.04. The van der Waals surface area contributed by atoms with Gasteiger partial charge in [0.05, 0.1) is 6.54 Å². The summed E-state index contributed by atoms with van der Waals surface area (Å²) in [7, 11) is 0. The average molecular weight is 213 g/mol. The lowest BCUT2D eigenvalue weighted by atomic mass is 9.97. The molecule has 1 aliphatic heterocycles. The van der Waals surface area contributed by atoms with Gasteiger partial charge in [-0.1, -0.05) is 23.8 Å². The number of hydrogen-bond donors (Lipinski definition) is 0. The molecule has 1 unspecified atom stereocenters. The highest BCUT2D eigenvalue weighted by Crippen LogP contribution is 2.28. The second-order valence-corrected chi connectivity index (χ2v) is 4.64. The van der Waals surface area contributed by atoms with Gasteiger partial charge in [-0.05, 0) is 19.3 Å². The van der Waals surface area contributed by atoms with Crippen molar-refractivity contribution in [1.29, 1.82) is 0 Å². The molecule has 0 radical (unpaired) electrons. The minimum atomic E-state index is -2.45. The van der Waals surface area contributed by atoms with Gasteiger partial charge in [-0.15, -0.1) is 0 Å². The molecule has 2 aliphatic rings. The summed E-state index contributed by atoms with van der Waals surface area (Å²) in [6.07, 6.45) is 7.43. The summed E-state index contributed by atoms with van der Waals surface area (Å²) < 4.78 is 25.9. The quantitative estimate of drug-likeness (QED) is 0.681. The van der Waals surface area contributed by atoms with Crippen molar-refractivity contribution >= 4 is 0 Å². The minimum Gasteiger partial charge on any atom is -0.297 e. The number of nitrogens with zero attached hydrogens (tertiary/aromatic N) is 1. The minimum absolute atomic E-state index is 0.0261. The maximum Gasteiger partial charge on any atom is 0.261 e. The van der Waals surface area contributed by atoms with Crippen LogP contribution in [0, 0.1) is 5.92 Å². The van der Waals surface area contributed by atoms with Crippen molar-refractivity contribution in [1.82, 2.24) is 4.90 Å². The monoisotopic (exact) mass is 213 g/mol. The molecule has 0 bridgehead atoms. The van der Waals surface area contributed by atoms with Gasteiger partial charge in [0, 0.05) is 19.5 Å². The van der Waals surface area contributed by atoms with Gasteiger partial charge in [0.1, 0.15) is 0 Å². The number of likely N-dealkylation sites (tertiary alicyclic amines) is 1. The van der Waals surface area contributed by atoms with Gasteiger partial charge in [0.15, 0.2) is 0 Å². The molecule has 2 rings (SSSR count). The Bertz CT molecular complexity index is 294. The van der Waals surface area contributed by atoms with Crippen LogP contribution in [-0.4, -0.2) is 30.5 Å². The van der Waals surface area contributed by atoms with Crippen LogP contribution in [0.25, 0.3) is 0 Å². The summed E-state index contributed by atoms with van der Waals surface area (Å²) in [6, 6.07) is 0. The van der Waals surface area contributed by atoms with Crippen LogP contribution < -0.4 is 0 Å². The predicted molar refractivity (Wildman–Crippen MR) is 57.0 cm³/mol. The van der Waals surface area contributed by atoms with Crippen LogP contribution >= 0.6 is 0 Å². The van der Waals surface area contributed by atoms with E-state index >= 15 is 0 Å². The van der Waals surface area contributed by atoms with Crippen LogP contribution in [0.1, 0.15) is 19.8 Å². The Morgan fingerprint density at radius 3 is 2.87 bits per heavy atom. The standard InChI is InChI=1S/C12H17F2N/c1-10-2-4-11(5-3-10)8-15-7-6-12(13,14)9-15/h2-4,11H,5-9H2,1H3. The van der Waals surface area contributed by atoms with Crippen molar-refractivity contribution in [2.45, 2.75) is 25.7 Å². The molecule has 1 fully saturated rings. The first-order chi connectivity index (χ1) is 7.05. The van der Waals surface area contributed by atoms with Gasteiger partial charge in [0.2, 0.25) is 0 Å². The molecular weight excluding hydrogens is 196 g/mol. The van der Waals surface area contributed by atoms with Crippen LogP contribution in [0.5, 0.6) is 0 Å². The van der Waals surface area contributed by atoms with E-state index in [4.69, 9.17) is 0 Å². The normalized spacial score (nSPS) is 30.6. The first-order valence-electron chi connectivity index (χ1n) is 5.50. The molecular formula is C12H17F2N. The maximum absolute atomic E-state index is 12.9. The van der Waals surface area contributed by atoms with Crippen LogP contribution in [0.2, 0.25) is 0 Å². The predicted octanol–water partition coefficient (Wildman–Crippen LogP) is 2.85. The number of rotatable bonds is 2. The van der Waals surface area contributed by atoms with Crippen molar-refractivity contribution in [2.24, 2.45) is 5.92 Å². The van der Waals surface area contributed by atoms with E-state index in [1.165, 1.54) is 5.57 Å². The zero-order valence-corrected chi connectivity index (χ0v) is 9.05. The molecule has 0 spiro atoms. The topological polar surface area (TPSA) is 3.24 Å². The average Bonchev–Trinajstić information content (AvgIpc) is 2.50. The molecule has 0 aromatic carbocycles. The fourth-order valence-electron chi connectivity index (χ4n) is 2.20. The van der Waals surface area contributed by atoms with E-state index in [9.17, 15) is 8.78 Å². The third-order valence-corrected chi connectivity index (χ3v) is 3.12. The van der Waals surface area contributed by atoms with Crippen molar-refractivity contribution in [2.75, 3.05) is 19.6 Å². The number of hydrogen-bond acceptors (Lipinski definition) is 1. The number of halogens is 2. The van der Waals surface area contributed by atoms with Gasteiger partial charge in [-0.25, -0.2) is 8.78 Å². The molecule has 0 aromatic heterocycles. The Morgan fingerprint density at radius 1 is 1.53 bits per heavy atom. The van der Waals surface area contributed by atoms with Crippen molar-refractivity contribution in [3.63, 3.8) is 0 Å². The molecule has 0 N–H and O–H groups in total. The zero-order chi connectivity index (χ0) is 10.9. The van der Waals surface area contributed by atoms with Crippen LogP contribution in [0.15, 0.2) is 23.8 Å². The highest BCUT2D eigenvalue weighted by molar-refractivity contribution is 5.21. The SMILES string of the molecule is CC1=CCC(CN2CCC(F)(F)C2)C=C1. The molecule has 3 heteroatoms. The fourth-order valence-corrected chi connectivity index (χ4v) is 2.20. The molecule has 0 aromatic rings. The van der Waals surface area contributed by atoms with E-state index in [2.05, 4.69) is 25.2 Å². The third-order valence-electron chi connectivity index (χ3n) is 3.12. The maximum atomic E-state index is 12.9. The Labute approximate surface area is 89.5 Å². The van der Waals surface area contributed by atoms with Crippen LogP contribution in [0.3, 0.4) is 0 Å². The molecule has 1 nitrogen and oxygen atoms in total. The van der Waals surface area contributed by atoms with Gasteiger partial charge < -0.3 is 0 Å². The summed E-state index contributed by atoms with van der Waals surface area (Å²) in [6.45, 7) is 3.33. The number of alkyl halides is 2. The largest absolute Gasteiger partial charge is 0.297 e.